The summed E-state index contributed by atoms with van der Waals surface area (Å²) in [4.78, 5) is 5.09. The number of hydrogen-bond donors (Lipinski definition) is 0. The molecule has 3 heteroatoms. The SMILES string of the molecule is CC(C)(C)c1cccc(N(c2cc(Cl)cc(N3c4ccc(-c5ccccc5)cc4C4(C)CCCCC34C)c2)c2ccc(C(C)(C)C)cc2-c2ccccc2)c1. The van der Waals surface area contributed by atoms with Crippen molar-refractivity contribution in [2.45, 2.75) is 103 Å². The van der Waals surface area contributed by atoms with E-state index in [0.29, 0.717) is 0 Å². The van der Waals surface area contributed by atoms with Crippen LogP contribution in [0.1, 0.15) is 97.8 Å². The van der Waals surface area contributed by atoms with E-state index in [1.807, 2.05) is 0 Å². The Morgan fingerprint density at radius 1 is 0.564 bits per heavy atom. The van der Waals surface area contributed by atoms with Gasteiger partial charge in [0.2, 0.25) is 0 Å². The summed E-state index contributed by atoms with van der Waals surface area (Å²) < 4.78 is 0. The van der Waals surface area contributed by atoms with Crippen molar-refractivity contribution in [1.29, 1.82) is 0 Å². The first-order chi connectivity index (χ1) is 26.2. The molecule has 2 aliphatic rings. The summed E-state index contributed by atoms with van der Waals surface area (Å²) in [5.74, 6) is 0. The van der Waals surface area contributed by atoms with Crippen LogP contribution in [0.5, 0.6) is 0 Å². The highest BCUT2D eigenvalue weighted by molar-refractivity contribution is 6.31. The van der Waals surface area contributed by atoms with E-state index in [0.717, 1.165) is 40.6 Å². The predicted molar refractivity (Wildman–Crippen MR) is 237 cm³/mol. The third-order valence-electron chi connectivity index (χ3n) is 12.8. The number of benzene rings is 6. The van der Waals surface area contributed by atoms with Crippen molar-refractivity contribution < 1.29 is 0 Å². The van der Waals surface area contributed by atoms with Crippen molar-refractivity contribution >= 4 is 40.0 Å². The molecule has 1 aliphatic carbocycles. The lowest BCUT2D eigenvalue weighted by Gasteiger charge is -2.50. The molecule has 0 amide bonds. The fourth-order valence-electron chi connectivity index (χ4n) is 9.35. The Morgan fingerprint density at radius 2 is 1.22 bits per heavy atom. The molecule has 2 nitrogen and oxygen atoms in total. The van der Waals surface area contributed by atoms with E-state index in [1.165, 1.54) is 57.5 Å². The second-order valence-electron chi connectivity index (χ2n) is 18.4. The summed E-state index contributed by atoms with van der Waals surface area (Å²) in [5, 5.41) is 0.729. The Balaban J connectivity index is 1.36. The number of nitrogens with zero attached hydrogens (tertiary/aromatic N) is 2. The zero-order chi connectivity index (χ0) is 38.8. The van der Waals surface area contributed by atoms with Crippen molar-refractivity contribution in [2.24, 2.45) is 0 Å². The van der Waals surface area contributed by atoms with Crippen molar-refractivity contribution in [1.82, 2.24) is 0 Å². The third kappa shape index (κ3) is 6.57. The van der Waals surface area contributed by atoms with Crippen LogP contribution in [0.25, 0.3) is 22.3 Å². The van der Waals surface area contributed by atoms with E-state index < -0.39 is 0 Å². The van der Waals surface area contributed by atoms with Gasteiger partial charge in [0.1, 0.15) is 0 Å². The van der Waals surface area contributed by atoms with E-state index in [1.54, 1.807) is 0 Å². The Hall–Kier alpha value is -4.79. The second-order valence-corrected chi connectivity index (χ2v) is 18.8. The number of hydrogen-bond acceptors (Lipinski definition) is 2. The topological polar surface area (TPSA) is 6.48 Å². The van der Waals surface area contributed by atoms with Crippen molar-refractivity contribution in [2.75, 3.05) is 9.80 Å². The number of fused-ring (bicyclic) bond motifs is 3. The van der Waals surface area contributed by atoms with Gasteiger partial charge in [-0.1, -0.05) is 158 Å². The molecule has 6 aromatic rings. The predicted octanol–water partition coefficient (Wildman–Crippen LogP) is 15.5. The van der Waals surface area contributed by atoms with Gasteiger partial charge in [-0.3, -0.25) is 0 Å². The van der Waals surface area contributed by atoms with Crippen LogP contribution >= 0.6 is 11.6 Å². The molecule has 1 heterocycles. The number of anilines is 5. The zero-order valence-electron chi connectivity index (χ0n) is 33.9. The Labute approximate surface area is 334 Å². The highest BCUT2D eigenvalue weighted by Crippen LogP contribution is 2.62. The van der Waals surface area contributed by atoms with E-state index in [2.05, 4.69) is 205 Å². The van der Waals surface area contributed by atoms with Crippen molar-refractivity contribution in [3.63, 3.8) is 0 Å². The standard InChI is InChI=1S/C52H55ClN2/c1-49(2,3)39-22-17-23-42(31-39)54(47-27-25-40(50(4,5)6)32-45(47)37-20-13-10-14-21-37)43-33-41(53)34-44(35-43)55-48-26-24-38(36-18-11-9-12-19-36)30-46(48)51(7)28-15-16-29-52(51,55)8/h9-14,17-27,30-35H,15-16,28-29H2,1-8H3. The second kappa shape index (κ2) is 13.7. The highest BCUT2D eigenvalue weighted by atomic mass is 35.5. The molecule has 1 fully saturated rings. The van der Waals surface area contributed by atoms with Gasteiger partial charge in [0.25, 0.3) is 0 Å². The molecule has 0 spiro atoms. The molecule has 0 N–H and O–H groups in total. The van der Waals surface area contributed by atoms with Crippen LogP contribution in [0, 0.1) is 0 Å². The molecule has 0 radical (unpaired) electrons. The monoisotopic (exact) mass is 742 g/mol. The normalized spacial score (nSPS) is 19.5. The lowest BCUT2D eigenvalue weighted by molar-refractivity contribution is 0.195. The van der Waals surface area contributed by atoms with E-state index in [4.69, 9.17) is 11.6 Å². The van der Waals surface area contributed by atoms with E-state index in [9.17, 15) is 0 Å². The van der Waals surface area contributed by atoms with Crippen molar-refractivity contribution in [3.8, 4) is 22.3 Å². The zero-order valence-corrected chi connectivity index (χ0v) is 34.6. The van der Waals surface area contributed by atoms with Crippen LogP contribution < -0.4 is 9.80 Å². The first-order valence-electron chi connectivity index (χ1n) is 20.1. The maximum absolute atomic E-state index is 7.33. The fourth-order valence-corrected chi connectivity index (χ4v) is 9.58. The van der Waals surface area contributed by atoms with E-state index >= 15 is 0 Å². The largest absolute Gasteiger partial charge is 0.334 e. The summed E-state index contributed by atoms with van der Waals surface area (Å²) in [6.07, 6.45) is 4.72. The summed E-state index contributed by atoms with van der Waals surface area (Å²) in [6, 6.07) is 51.6. The minimum absolute atomic E-state index is 0.00607. The van der Waals surface area contributed by atoms with Crippen LogP contribution in [0.2, 0.25) is 5.02 Å². The molecule has 0 aromatic heterocycles. The summed E-state index contributed by atoms with van der Waals surface area (Å²) in [7, 11) is 0. The summed E-state index contributed by atoms with van der Waals surface area (Å²) in [5.41, 5.74) is 14.5. The van der Waals surface area contributed by atoms with Gasteiger partial charge in [-0.15, -0.1) is 0 Å². The number of rotatable bonds is 6. The van der Waals surface area contributed by atoms with E-state index in [-0.39, 0.29) is 21.8 Å². The highest BCUT2D eigenvalue weighted by Gasteiger charge is 2.57. The van der Waals surface area contributed by atoms with Crippen molar-refractivity contribution in [3.05, 3.63) is 161 Å². The molecular formula is C52H55ClN2. The molecule has 1 aliphatic heterocycles. The maximum atomic E-state index is 7.33. The third-order valence-corrected chi connectivity index (χ3v) is 13.0. The Morgan fingerprint density at radius 3 is 1.91 bits per heavy atom. The molecule has 280 valence electrons. The molecule has 2 atom stereocenters. The van der Waals surface area contributed by atoms with Gasteiger partial charge in [0, 0.05) is 38.8 Å². The smallest absolute Gasteiger partial charge is 0.0540 e. The lowest BCUT2D eigenvalue weighted by Crippen LogP contribution is -2.54. The van der Waals surface area contributed by atoms with Crippen LogP contribution in [0.4, 0.5) is 28.4 Å². The first-order valence-corrected chi connectivity index (χ1v) is 20.5. The van der Waals surface area contributed by atoms with Crippen LogP contribution in [0.3, 0.4) is 0 Å². The minimum Gasteiger partial charge on any atom is -0.334 e. The average molecular weight is 743 g/mol. The molecular weight excluding hydrogens is 688 g/mol. The van der Waals surface area contributed by atoms with Crippen LogP contribution in [0.15, 0.2) is 140 Å². The Kier molecular flexibility index (Phi) is 9.29. The lowest BCUT2D eigenvalue weighted by atomic mass is 9.61. The molecule has 2 unspecified atom stereocenters. The van der Waals surface area contributed by atoms with Gasteiger partial charge in [0.05, 0.1) is 11.2 Å². The molecule has 6 aromatic carbocycles. The van der Waals surface area contributed by atoms with Crippen LogP contribution in [-0.4, -0.2) is 5.54 Å². The van der Waals surface area contributed by atoms with Gasteiger partial charge < -0.3 is 9.80 Å². The van der Waals surface area contributed by atoms with Gasteiger partial charge in [-0.05, 0) is 119 Å². The average Bonchev–Trinajstić information content (AvgIpc) is 3.37. The Bertz CT molecular complexity index is 2350. The minimum atomic E-state index is -0.120. The molecule has 55 heavy (non-hydrogen) atoms. The number of halogens is 1. The van der Waals surface area contributed by atoms with Gasteiger partial charge >= 0.3 is 0 Å². The van der Waals surface area contributed by atoms with Gasteiger partial charge in [-0.2, -0.15) is 0 Å². The quantitative estimate of drug-likeness (QED) is 0.168. The fraction of sp³-hybridized carbons (Fsp3) is 0.308. The first kappa shape index (κ1) is 37.1. The molecule has 0 saturated heterocycles. The van der Waals surface area contributed by atoms with Gasteiger partial charge in [0.15, 0.2) is 0 Å². The van der Waals surface area contributed by atoms with Crippen LogP contribution in [-0.2, 0) is 16.2 Å². The molecule has 8 rings (SSSR count). The summed E-state index contributed by atoms with van der Waals surface area (Å²) >= 11 is 7.33. The molecule has 0 bridgehead atoms. The maximum Gasteiger partial charge on any atom is 0.0540 e. The van der Waals surface area contributed by atoms with Gasteiger partial charge in [-0.25, -0.2) is 0 Å². The summed E-state index contributed by atoms with van der Waals surface area (Å²) in [6.45, 7) is 18.8. The molecule has 1 saturated carbocycles.